The number of anilines is 2. The van der Waals surface area contributed by atoms with E-state index in [9.17, 15) is 14.4 Å². The summed E-state index contributed by atoms with van der Waals surface area (Å²) in [7, 11) is 0. The van der Waals surface area contributed by atoms with Crippen LogP contribution in [0.3, 0.4) is 0 Å². The lowest BCUT2D eigenvalue weighted by molar-refractivity contribution is 0.102. The molecular weight excluding hydrogens is 435 g/mol. The maximum Gasteiger partial charge on any atom is 0.259 e. The summed E-state index contributed by atoms with van der Waals surface area (Å²) in [6, 6.07) is 5.56. The topological polar surface area (TPSA) is 111 Å². The zero-order chi connectivity index (χ0) is 24.0. The van der Waals surface area contributed by atoms with E-state index < -0.39 is 11.7 Å². The van der Waals surface area contributed by atoms with Crippen molar-refractivity contribution >= 4 is 34.0 Å². The van der Waals surface area contributed by atoms with Crippen LogP contribution in [-0.4, -0.2) is 50.4 Å². The van der Waals surface area contributed by atoms with Crippen LogP contribution < -0.4 is 15.5 Å². The maximum atomic E-state index is 14.5. The molecule has 0 bridgehead atoms. The molecule has 0 saturated carbocycles. The number of hydrogen-bond donors (Lipinski definition) is 2. The molecule has 34 heavy (non-hydrogen) atoms. The number of halogens is 1. The summed E-state index contributed by atoms with van der Waals surface area (Å²) in [5.41, 5.74) is 2.19. The number of aryl methyl sites for hydroxylation is 1. The minimum absolute atomic E-state index is 0.192. The van der Waals surface area contributed by atoms with Crippen molar-refractivity contribution in [3.63, 3.8) is 0 Å². The zero-order valence-corrected chi connectivity index (χ0v) is 19.0. The number of carbonyl (C=O) groups excluding carboxylic acids is 1. The Morgan fingerprint density at radius 2 is 1.97 bits per heavy atom. The first-order valence-corrected chi connectivity index (χ1v) is 11.0. The van der Waals surface area contributed by atoms with Gasteiger partial charge in [0.15, 0.2) is 11.5 Å². The second kappa shape index (κ2) is 8.35. The fourth-order valence-corrected chi connectivity index (χ4v) is 4.53. The van der Waals surface area contributed by atoms with Crippen LogP contribution in [-0.2, 0) is 0 Å². The van der Waals surface area contributed by atoms with Gasteiger partial charge in [0.05, 0.1) is 28.0 Å². The molecule has 2 N–H and O–H groups in total. The minimum Gasteiger partial charge on any atom is -0.353 e. The van der Waals surface area contributed by atoms with Crippen molar-refractivity contribution in [3.05, 3.63) is 59.6 Å². The standard InChI is InChI=1S/C24H23FN8O/c1-13-9-32(10-14(2)29-13)22-18-4-16(6-26)7-27-21(18)19(8-28-22)24(34)31-17-5-20(25)23-30-15(3)11-33(23)12-17/h4-5,7-8,11-14,29H,9-10H2,1-3H3,(H,31,34)/t13-,14+. The van der Waals surface area contributed by atoms with Gasteiger partial charge in [-0.25, -0.2) is 14.4 Å². The maximum absolute atomic E-state index is 14.5. The second-order valence-electron chi connectivity index (χ2n) is 8.75. The van der Waals surface area contributed by atoms with Crippen molar-refractivity contribution < 1.29 is 9.18 Å². The summed E-state index contributed by atoms with van der Waals surface area (Å²) in [5.74, 6) is -0.334. The monoisotopic (exact) mass is 458 g/mol. The van der Waals surface area contributed by atoms with E-state index in [1.165, 1.54) is 22.9 Å². The average molecular weight is 459 g/mol. The highest BCUT2D eigenvalue weighted by Crippen LogP contribution is 2.29. The molecule has 1 saturated heterocycles. The average Bonchev–Trinajstić information content (AvgIpc) is 3.18. The Morgan fingerprint density at radius 3 is 2.71 bits per heavy atom. The normalized spacial score (nSPS) is 18.3. The molecule has 4 aromatic rings. The van der Waals surface area contributed by atoms with Crippen LogP contribution in [0, 0.1) is 24.1 Å². The Balaban J connectivity index is 1.55. The Kier molecular flexibility index (Phi) is 5.34. The van der Waals surface area contributed by atoms with Gasteiger partial charge in [-0.2, -0.15) is 5.26 Å². The summed E-state index contributed by atoms with van der Waals surface area (Å²) in [6.07, 6.45) is 6.21. The van der Waals surface area contributed by atoms with Gasteiger partial charge < -0.3 is 19.9 Å². The van der Waals surface area contributed by atoms with E-state index in [4.69, 9.17) is 0 Å². The summed E-state index contributed by atoms with van der Waals surface area (Å²) in [6.45, 7) is 7.44. The van der Waals surface area contributed by atoms with Gasteiger partial charge in [0.2, 0.25) is 0 Å². The van der Waals surface area contributed by atoms with E-state index in [0.29, 0.717) is 28.0 Å². The van der Waals surface area contributed by atoms with E-state index in [1.807, 2.05) is 0 Å². The smallest absolute Gasteiger partial charge is 0.259 e. The van der Waals surface area contributed by atoms with Crippen molar-refractivity contribution in [2.75, 3.05) is 23.3 Å². The first-order valence-electron chi connectivity index (χ1n) is 11.0. The number of nitrogens with zero attached hydrogens (tertiary/aromatic N) is 6. The molecule has 0 aliphatic carbocycles. The molecule has 172 valence electrons. The predicted molar refractivity (Wildman–Crippen MR) is 126 cm³/mol. The molecule has 0 spiro atoms. The van der Waals surface area contributed by atoms with Crippen LogP contribution in [0.1, 0.15) is 35.5 Å². The summed E-state index contributed by atoms with van der Waals surface area (Å²) in [4.78, 5) is 28.5. The molecule has 1 aliphatic heterocycles. The summed E-state index contributed by atoms with van der Waals surface area (Å²) in [5, 5.41) is 16.3. The van der Waals surface area contributed by atoms with E-state index in [-0.39, 0.29) is 29.0 Å². The van der Waals surface area contributed by atoms with Crippen LogP contribution in [0.25, 0.3) is 16.6 Å². The molecule has 0 unspecified atom stereocenters. The SMILES string of the molecule is Cc1cn2cc(NC(=O)c3cnc(N4C[C@@H](C)N[C@@H](C)C4)c4cc(C#N)cnc34)cc(F)c2n1. The van der Waals surface area contributed by atoms with E-state index >= 15 is 0 Å². The van der Waals surface area contributed by atoms with Crippen molar-refractivity contribution in [3.8, 4) is 6.07 Å². The van der Waals surface area contributed by atoms with Crippen molar-refractivity contribution in [1.82, 2.24) is 24.7 Å². The van der Waals surface area contributed by atoms with Gasteiger partial charge in [-0.1, -0.05) is 0 Å². The van der Waals surface area contributed by atoms with Crippen molar-refractivity contribution in [2.24, 2.45) is 0 Å². The first-order chi connectivity index (χ1) is 16.3. The quantitative estimate of drug-likeness (QED) is 0.485. The Labute approximate surface area is 195 Å². The third-order valence-corrected chi connectivity index (χ3v) is 5.82. The second-order valence-corrected chi connectivity index (χ2v) is 8.75. The molecule has 1 fully saturated rings. The molecule has 0 aromatic carbocycles. The number of hydrogen-bond acceptors (Lipinski definition) is 7. The molecule has 1 amide bonds. The molecule has 10 heteroatoms. The summed E-state index contributed by atoms with van der Waals surface area (Å²) >= 11 is 0. The third kappa shape index (κ3) is 3.91. The number of fused-ring (bicyclic) bond motifs is 2. The van der Waals surface area contributed by atoms with E-state index in [0.717, 1.165) is 13.1 Å². The number of nitrogens with one attached hydrogen (secondary N) is 2. The van der Waals surface area contributed by atoms with Crippen LogP contribution in [0.4, 0.5) is 15.9 Å². The molecular formula is C24H23FN8O. The van der Waals surface area contributed by atoms with Crippen LogP contribution >= 0.6 is 0 Å². The number of nitriles is 1. The molecule has 1 aliphatic rings. The Bertz CT molecular complexity index is 1460. The lowest BCUT2D eigenvalue weighted by atomic mass is 10.1. The van der Waals surface area contributed by atoms with Crippen molar-refractivity contribution in [2.45, 2.75) is 32.9 Å². The molecule has 0 radical (unpaired) electrons. The van der Waals surface area contributed by atoms with Gasteiger partial charge >= 0.3 is 0 Å². The number of carbonyl (C=O) groups is 1. The summed E-state index contributed by atoms with van der Waals surface area (Å²) < 4.78 is 16.0. The predicted octanol–water partition coefficient (Wildman–Crippen LogP) is 3.04. The highest BCUT2D eigenvalue weighted by atomic mass is 19.1. The van der Waals surface area contributed by atoms with Crippen LogP contribution in [0.5, 0.6) is 0 Å². The van der Waals surface area contributed by atoms with Gasteiger partial charge in [0.25, 0.3) is 5.91 Å². The zero-order valence-electron chi connectivity index (χ0n) is 19.0. The lowest BCUT2D eigenvalue weighted by Crippen LogP contribution is -2.54. The minimum atomic E-state index is -0.539. The van der Waals surface area contributed by atoms with Gasteiger partial charge in [0.1, 0.15) is 11.9 Å². The van der Waals surface area contributed by atoms with Crippen molar-refractivity contribution in [1.29, 1.82) is 5.26 Å². The molecule has 4 aromatic heterocycles. The van der Waals surface area contributed by atoms with E-state index in [1.54, 1.807) is 25.4 Å². The fourth-order valence-electron chi connectivity index (χ4n) is 4.53. The van der Waals surface area contributed by atoms with Crippen LogP contribution in [0.15, 0.2) is 36.9 Å². The highest BCUT2D eigenvalue weighted by Gasteiger charge is 2.25. The first kappa shape index (κ1) is 21.7. The molecule has 2 atom stereocenters. The third-order valence-electron chi connectivity index (χ3n) is 5.82. The van der Waals surface area contributed by atoms with Gasteiger partial charge in [-0.05, 0) is 26.8 Å². The van der Waals surface area contributed by atoms with E-state index in [2.05, 4.69) is 50.4 Å². The number of aromatic nitrogens is 4. The lowest BCUT2D eigenvalue weighted by Gasteiger charge is -2.37. The fraction of sp³-hybridized carbons (Fsp3) is 0.292. The van der Waals surface area contributed by atoms with Gasteiger partial charge in [0, 0.05) is 61.4 Å². The van der Waals surface area contributed by atoms with Gasteiger partial charge in [-0.3, -0.25) is 9.78 Å². The number of piperazine rings is 1. The Morgan fingerprint density at radius 1 is 1.21 bits per heavy atom. The molecule has 9 nitrogen and oxygen atoms in total. The number of rotatable bonds is 3. The van der Waals surface area contributed by atoms with Crippen LogP contribution in [0.2, 0.25) is 0 Å². The number of pyridine rings is 3. The molecule has 5 rings (SSSR count). The number of amides is 1. The molecule has 5 heterocycles. The van der Waals surface area contributed by atoms with Gasteiger partial charge in [-0.15, -0.1) is 0 Å². The Hall–Kier alpha value is -4.10. The highest BCUT2D eigenvalue weighted by molar-refractivity contribution is 6.13. The largest absolute Gasteiger partial charge is 0.353 e. The number of imidazole rings is 1.